The highest BCUT2D eigenvalue weighted by molar-refractivity contribution is 7.22. The van der Waals surface area contributed by atoms with Crippen LogP contribution >= 0.6 is 11.3 Å². The molecule has 0 saturated carbocycles. The van der Waals surface area contributed by atoms with Crippen molar-refractivity contribution < 1.29 is 0 Å². The zero-order valence-corrected chi connectivity index (χ0v) is 9.00. The van der Waals surface area contributed by atoms with E-state index >= 15 is 0 Å². The van der Waals surface area contributed by atoms with Crippen LogP contribution in [0.15, 0.2) is 42.0 Å². The minimum absolute atomic E-state index is 0.762. The first-order valence-electron chi connectivity index (χ1n) is 4.64. The maximum atomic E-state index is 4.38. The number of nitrogens with one attached hydrogen (secondary N) is 1. The lowest BCUT2D eigenvalue weighted by Gasteiger charge is -1.89. The zero-order chi connectivity index (χ0) is 10.5. The summed E-state index contributed by atoms with van der Waals surface area (Å²) in [6.45, 7) is 3.61. The molecule has 0 aliphatic carbocycles. The monoisotopic (exact) mass is 217 g/mol. The van der Waals surface area contributed by atoms with Gasteiger partial charge in [0.1, 0.15) is 0 Å². The molecule has 2 aromatic rings. The van der Waals surface area contributed by atoms with E-state index in [1.807, 2.05) is 24.3 Å². The minimum Gasteiger partial charge on any atom is -0.253 e. The van der Waals surface area contributed by atoms with Gasteiger partial charge in [-0.2, -0.15) is 5.10 Å². The molecule has 0 fully saturated rings. The third kappa shape index (κ3) is 2.41. The Morgan fingerprint density at radius 1 is 1.47 bits per heavy atom. The van der Waals surface area contributed by atoms with Crippen molar-refractivity contribution >= 4 is 32.9 Å². The number of anilines is 1. The predicted molar refractivity (Wildman–Crippen MR) is 66.5 cm³/mol. The molecule has 4 heteroatoms. The van der Waals surface area contributed by atoms with Crippen LogP contribution in [0.1, 0.15) is 6.42 Å². The molecule has 1 aromatic carbocycles. The molecule has 0 unspecified atom stereocenters. The van der Waals surface area contributed by atoms with Gasteiger partial charge in [0.15, 0.2) is 0 Å². The van der Waals surface area contributed by atoms with E-state index in [2.05, 4.69) is 22.1 Å². The van der Waals surface area contributed by atoms with E-state index in [-0.39, 0.29) is 0 Å². The van der Waals surface area contributed by atoms with Crippen LogP contribution in [-0.4, -0.2) is 11.2 Å². The van der Waals surface area contributed by atoms with Crippen LogP contribution in [0, 0.1) is 0 Å². The lowest BCUT2D eigenvalue weighted by Crippen LogP contribution is -1.86. The number of hydrogen-bond donors (Lipinski definition) is 1. The van der Waals surface area contributed by atoms with Gasteiger partial charge in [0.05, 0.1) is 10.2 Å². The van der Waals surface area contributed by atoms with Gasteiger partial charge in [-0.05, 0) is 12.1 Å². The van der Waals surface area contributed by atoms with Gasteiger partial charge in [-0.3, -0.25) is 5.43 Å². The quantitative estimate of drug-likeness (QED) is 0.485. The molecule has 2 rings (SSSR count). The van der Waals surface area contributed by atoms with E-state index in [9.17, 15) is 0 Å². The standard InChI is InChI=1S/C11H11N3S/c1-2-3-8-12-14-11-13-9-6-4-5-7-10(9)15-11/h2,4-8H,1,3H2,(H,13,14). The summed E-state index contributed by atoms with van der Waals surface area (Å²) in [4.78, 5) is 4.38. The lowest BCUT2D eigenvalue weighted by atomic mass is 10.3. The van der Waals surface area contributed by atoms with E-state index in [1.54, 1.807) is 23.6 Å². The number of thiazole rings is 1. The molecule has 3 nitrogen and oxygen atoms in total. The Labute approximate surface area is 92.2 Å². The van der Waals surface area contributed by atoms with Crippen molar-refractivity contribution in [2.45, 2.75) is 6.42 Å². The summed E-state index contributed by atoms with van der Waals surface area (Å²) < 4.78 is 1.17. The number of hydrogen-bond acceptors (Lipinski definition) is 4. The molecule has 15 heavy (non-hydrogen) atoms. The van der Waals surface area contributed by atoms with Crippen LogP contribution < -0.4 is 5.43 Å². The highest BCUT2D eigenvalue weighted by atomic mass is 32.1. The molecule has 1 heterocycles. The zero-order valence-electron chi connectivity index (χ0n) is 8.18. The van der Waals surface area contributed by atoms with Gasteiger partial charge < -0.3 is 0 Å². The predicted octanol–water partition coefficient (Wildman–Crippen LogP) is 3.27. The Bertz CT molecular complexity index is 454. The second-order valence-electron chi connectivity index (χ2n) is 2.93. The van der Waals surface area contributed by atoms with Crippen molar-refractivity contribution in [3.63, 3.8) is 0 Å². The van der Waals surface area contributed by atoms with Crippen LogP contribution in [-0.2, 0) is 0 Å². The number of rotatable bonds is 4. The number of benzene rings is 1. The topological polar surface area (TPSA) is 37.3 Å². The Balaban J connectivity index is 2.12. The summed E-state index contributed by atoms with van der Waals surface area (Å²) in [5, 5.41) is 4.84. The van der Waals surface area contributed by atoms with Crippen LogP contribution in [0.5, 0.6) is 0 Å². The summed E-state index contributed by atoms with van der Waals surface area (Å²) in [5.41, 5.74) is 3.90. The maximum Gasteiger partial charge on any atom is 0.204 e. The van der Waals surface area contributed by atoms with Gasteiger partial charge in [0.25, 0.3) is 0 Å². The summed E-state index contributed by atoms with van der Waals surface area (Å²) in [6.07, 6.45) is 4.32. The SMILES string of the molecule is C=CCC=NNc1nc2ccccc2s1. The van der Waals surface area contributed by atoms with Crippen molar-refractivity contribution in [2.75, 3.05) is 5.43 Å². The fourth-order valence-electron chi connectivity index (χ4n) is 1.15. The number of aromatic nitrogens is 1. The van der Waals surface area contributed by atoms with Crippen molar-refractivity contribution in [1.82, 2.24) is 4.98 Å². The summed E-state index contributed by atoms with van der Waals surface area (Å²) in [5.74, 6) is 0. The van der Waals surface area contributed by atoms with E-state index in [0.29, 0.717) is 0 Å². The molecular weight excluding hydrogens is 206 g/mol. The first-order valence-corrected chi connectivity index (χ1v) is 5.46. The Morgan fingerprint density at radius 2 is 2.33 bits per heavy atom. The average Bonchev–Trinajstić information content (AvgIpc) is 2.67. The Morgan fingerprint density at radius 3 is 3.13 bits per heavy atom. The lowest BCUT2D eigenvalue weighted by molar-refractivity contribution is 1.29. The van der Waals surface area contributed by atoms with E-state index in [4.69, 9.17) is 0 Å². The van der Waals surface area contributed by atoms with Crippen molar-refractivity contribution in [3.8, 4) is 0 Å². The van der Waals surface area contributed by atoms with Crippen molar-refractivity contribution in [1.29, 1.82) is 0 Å². The molecule has 1 aromatic heterocycles. The van der Waals surface area contributed by atoms with Crippen LogP contribution in [0.25, 0.3) is 10.2 Å². The third-order valence-electron chi connectivity index (χ3n) is 1.82. The first-order chi connectivity index (χ1) is 7.40. The molecule has 0 atom stereocenters. The number of nitrogens with zero attached hydrogens (tertiary/aromatic N) is 2. The molecule has 76 valence electrons. The number of para-hydroxylation sites is 1. The van der Waals surface area contributed by atoms with Gasteiger partial charge in [0.2, 0.25) is 5.13 Å². The number of fused-ring (bicyclic) bond motifs is 1. The minimum atomic E-state index is 0.762. The Hall–Kier alpha value is -1.68. The van der Waals surface area contributed by atoms with Gasteiger partial charge in [-0.1, -0.05) is 29.5 Å². The Kier molecular flexibility index (Phi) is 3.09. The van der Waals surface area contributed by atoms with Crippen molar-refractivity contribution in [2.24, 2.45) is 5.10 Å². The molecule has 0 spiro atoms. The normalized spacial score (nSPS) is 10.9. The average molecular weight is 217 g/mol. The van der Waals surface area contributed by atoms with Crippen molar-refractivity contribution in [3.05, 3.63) is 36.9 Å². The van der Waals surface area contributed by atoms with Gasteiger partial charge in [-0.25, -0.2) is 4.98 Å². The smallest absolute Gasteiger partial charge is 0.204 e. The van der Waals surface area contributed by atoms with Crippen LogP contribution in [0.3, 0.4) is 0 Å². The molecule has 0 amide bonds. The largest absolute Gasteiger partial charge is 0.253 e. The molecule has 0 aliphatic rings. The second kappa shape index (κ2) is 4.70. The fraction of sp³-hybridized carbons (Fsp3) is 0.0909. The van der Waals surface area contributed by atoms with E-state index < -0.39 is 0 Å². The highest BCUT2D eigenvalue weighted by Gasteiger charge is 2.00. The molecule has 0 bridgehead atoms. The highest BCUT2D eigenvalue weighted by Crippen LogP contribution is 2.24. The van der Waals surface area contributed by atoms with Crippen LogP contribution in [0.4, 0.5) is 5.13 Å². The molecule has 1 N–H and O–H groups in total. The van der Waals surface area contributed by atoms with Crippen LogP contribution in [0.2, 0.25) is 0 Å². The molecule has 0 radical (unpaired) electrons. The summed E-state index contributed by atoms with van der Waals surface area (Å²) in [6, 6.07) is 8.02. The number of hydrazone groups is 1. The van der Waals surface area contributed by atoms with Gasteiger partial charge in [0, 0.05) is 12.6 Å². The van der Waals surface area contributed by atoms with E-state index in [1.165, 1.54) is 4.70 Å². The molecular formula is C11H11N3S. The van der Waals surface area contributed by atoms with Gasteiger partial charge in [-0.15, -0.1) is 6.58 Å². The summed E-state index contributed by atoms with van der Waals surface area (Å²) in [7, 11) is 0. The second-order valence-corrected chi connectivity index (χ2v) is 3.97. The molecule has 0 aliphatic heterocycles. The fourth-order valence-corrected chi connectivity index (χ4v) is 1.96. The number of allylic oxidation sites excluding steroid dienone is 1. The first kappa shape index (κ1) is 9.86. The van der Waals surface area contributed by atoms with Gasteiger partial charge >= 0.3 is 0 Å². The molecule has 0 saturated heterocycles. The summed E-state index contributed by atoms with van der Waals surface area (Å²) >= 11 is 1.59. The maximum absolute atomic E-state index is 4.38. The van der Waals surface area contributed by atoms with E-state index in [0.717, 1.165) is 17.1 Å². The third-order valence-corrected chi connectivity index (χ3v) is 2.76.